The summed E-state index contributed by atoms with van der Waals surface area (Å²) in [6, 6.07) is 10.1. The van der Waals surface area contributed by atoms with Crippen molar-refractivity contribution in [3.63, 3.8) is 0 Å². The molecule has 1 spiro atoms. The van der Waals surface area contributed by atoms with Crippen molar-refractivity contribution < 1.29 is 14.2 Å². The van der Waals surface area contributed by atoms with Gasteiger partial charge in [0.15, 0.2) is 0 Å². The Morgan fingerprint density at radius 3 is 2.55 bits per heavy atom. The smallest absolute Gasteiger partial charge is 0.407 e. The van der Waals surface area contributed by atoms with E-state index in [1.807, 2.05) is 18.2 Å². The molecule has 0 saturated carbocycles. The van der Waals surface area contributed by atoms with Crippen LogP contribution in [0.15, 0.2) is 30.3 Å². The molecule has 108 valence electrons. The van der Waals surface area contributed by atoms with Crippen LogP contribution in [0.1, 0.15) is 18.4 Å². The van der Waals surface area contributed by atoms with Crippen molar-refractivity contribution >= 4 is 6.09 Å². The van der Waals surface area contributed by atoms with Gasteiger partial charge < -0.3 is 19.9 Å². The van der Waals surface area contributed by atoms with Gasteiger partial charge in [0, 0.05) is 19.3 Å². The van der Waals surface area contributed by atoms with E-state index in [-0.39, 0.29) is 10.7 Å². The number of benzene rings is 1. The Morgan fingerprint density at radius 2 is 1.95 bits per heavy atom. The maximum atomic E-state index is 12.7. The van der Waals surface area contributed by atoms with Crippen LogP contribution in [0.5, 0.6) is 0 Å². The topological polar surface area (TPSA) is 61.4 Å². The second kappa shape index (κ2) is 5.07. The molecule has 5 heteroatoms. The molecule has 1 aromatic rings. The number of piperidine rings is 1. The summed E-state index contributed by atoms with van der Waals surface area (Å²) in [7, 11) is 0. The first-order chi connectivity index (χ1) is 9.59. The SMILES string of the molecule is O=C1NCC2(CC[N+]([O-])(CCc3ccccc3)CC2)O1. The van der Waals surface area contributed by atoms with Crippen LogP contribution < -0.4 is 5.32 Å². The second-order valence-electron chi connectivity index (χ2n) is 5.89. The molecule has 2 heterocycles. The predicted octanol–water partition coefficient (Wildman–Crippen LogP) is 1.82. The Kier molecular flexibility index (Phi) is 3.40. The Balaban J connectivity index is 1.55. The Morgan fingerprint density at radius 1 is 1.25 bits per heavy atom. The number of carbonyl (C=O) groups is 1. The molecule has 1 N–H and O–H groups in total. The molecule has 1 amide bonds. The van der Waals surface area contributed by atoms with Crippen molar-refractivity contribution in [1.29, 1.82) is 0 Å². The number of likely N-dealkylation sites (tertiary alicyclic amines) is 1. The van der Waals surface area contributed by atoms with Gasteiger partial charge in [-0.3, -0.25) is 0 Å². The van der Waals surface area contributed by atoms with Gasteiger partial charge in [-0.25, -0.2) is 4.79 Å². The van der Waals surface area contributed by atoms with Crippen LogP contribution in [0.3, 0.4) is 0 Å². The highest BCUT2D eigenvalue weighted by atomic mass is 16.6. The lowest BCUT2D eigenvalue weighted by atomic mass is 9.91. The summed E-state index contributed by atoms with van der Waals surface area (Å²) in [6.07, 6.45) is 1.77. The van der Waals surface area contributed by atoms with E-state index in [1.54, 1.807) is 0 Å². The summed E-state index contributed by atoms with van der Waals surface area (Å²) in [5.41, 5.74) is 0.783. The van der Waals surface area contributed by atoms with Gasteiger partial charge in [0.25, 0.3) is 0 Å². The molecule has 2 aliphatic heterocycles. The summed E-state index contributed by atoms with van der Waals surface area (Å²) < 4.78 is 5.17. The lowest BCUT2D eigenvalue weighted by Crippen LogP contribution is -2.55. The second-order valence-corrected chi connectivity index (χ2v) is 5.89. The van der Waals surface area contributed by atoms with Crippen molar-refractivity contribution in [2.75, 3.05) is 26.2 Å². The minimum atomic E-state index is -0.421. The number of hydroxylamine groups is 3. The number of quaternary nitrogens is 1. The van der Waals surface area contributed by atoms with Crippen molar-refractivity contribution in [2.24, 2.45) is 0 Å². The van der Waals surface area contributed by atoms with Crippen LogP contribution in [0.25, 0.3) is 0 Å². The lowest BCUT2D eigenvalue weighted by molar-refractivity contribution is -0.887. The van der Waals surface area contributed by atoms with E-state index in [9.17, 15) is 10.0 Å². The number of rotatable bonds is 3. The maximum Gasteiger partial charge on any atom is 0.407 e. The molecule has 0 unspecified atom stereocenters. The Bertz CT molecular complexity index is 481. The number of alkyl carbamates (subject to hydrolysis) is 1. The zero-order valence-electron chi connectivity index (χ0n) is 11.5. The summed E-state index contributed by atoms with van der Waals surface area (Å²) >= 11 is 0. The van der Waals surface area contributed by atoms with Gasteiger partial charge in [-0.05, 0) is 5.56 Å². The standard InChI is InChI=1S/C15H20N2O3/c18-14-16-12-15(20-14)7-10-17(19,11-8-15)9-6-13-4-2-1-3-5-13/h1-5H,6-12H2,(H,16,18). The van der Waals surface area contributed by atoms with E-state index in [2.05, 4.69) is 17.4 Å². The average Bonchev–Trinajstić information content (AvgIpc) is 2.84. The van der Waals surface area contributed by atoms with Gasteiger partial charge in [-0.2, -0.15) is 0 Å². The maximum absolute atomic E-state index is 12.7. The zero-order chi connectivity index (χ0) is 14.1. The van der Waals surface area contributed by atoms with Crippen LogP contribution in [-0.2, 0) is 11.2 Å². The van der Waals surface area contributed by atoms with Crippen LogP contribution >= 0.6 is 0 Å². The van der Waals surface area contributed by atoms with E-state index in [0.717, 1.165) is 6.42 Å². The summed E-state index contributed by atoms with van der Waals surface area (Å²) in [5, 5.41) is 15.4. The third kappa shape index (κ3) is 2.78. The molecule has 0 bridgehead atoms. The monoisotopic (exact) mass is 276 g/mol. The van der Waals surface area contributed by atoms with Gasteiger partial charge in [-0.15, -0.1) is 0 Å². The normalized spacial score (nSPS) is 33.0. The Labute approximate surface area is 118 Å². The molecule has 0 atom stereocenters. The first-order valence-electron chi connectivity index (χ1n) is 7.17. The molecular formula is C15H20N2O3. The summed E-state index contributed by atoms with van der Waals surface area (Å²) in [5.74, 6) is 0. The largest absolute Gasteiger partial charge is 0.633 e. The fraction of sp³-hybridized carbons (Fsp3) is 0.533. The van der Waals surface area contributed by atoms with E-state index in [0.29, 0.717) is 39.0 Å². The molecule has 0 aromatic heterocycles. The number of nitrogens with zero attached hydrogens (tertiary/aromatic N) is 1. The molecule has 0 aliphatic carbocycles. The molecule has 0 radical (unpaired) electrons. The third-order valence-electron chi connectivity index (χ3n) is 4.46. The van der Waals surface area contributed by atoms with E-state index in [1.165, 1.54) is 5.56 Å². The molecule has 5 nitrogen and oxygen atoms in total. The van der Waals surface area contributed by atoms with Gasteiger partial charge in [0.2, 0.25) is 0 Å². The van der Waals surface area contributed by atoms with Crippen LogP contribution in [0, 0.1) is 5.21 Å². The van der Waals surface area contributed by atoms with Gasteiger partial charge in [0.05, 0.1) is 26.2 Å². The number of hydrogen-bond acceptors (Lipinski definition) is 3. The molecule has 3 rings (SSSR count). The molecule has 1 aromatic carbocycles. The average molecular weight is 276 g/mol. The van der Waals surface area contributed by atoms with Crippen molar-refractivity contribution in [1.82, 2.24) is 5.32 Å². The minimum Gasteiger partial charge on any atom is -0.633 e. The van der Waals surface area contributed by atoms with Crippen molar-refractivity contribution in [2.45, 2.75) is 24.9 Å². The van der Waals surface area contributed by atoms with Crippen molar-refractivity contribution in [3.8, 4) is 0 Å². The highest BCUT2D eigenvalue weighted by Crippen LogP contribution is 2.32. The van der Waals surface area contributed by atoms with E-state index < -0.39 is 5.60 Å². The predicted molar refractivity (Wildman–Crippen MR) is 74.8 cm³/mol. The van der Waals surface area contributed by atoms with Crippen molar-refractivity contribution in [3.05, 3.63) is 41.1 Å². The molecule has 2 saturated heterocycles. The highest BCUT2D eigenvalue weighted by Gasteiger charge is 2.45. The fourth-order valence-corrected chi connectivity index (χ4v) is 3.03. The lowest BCUT2D eigenvalue weighted by Gasteiger charge is -2.49. The number of nitrogens with one attached hydrogen (secondary N) is 1. The summed E-state index contributed by atoms with van der Waals surface area (Å²) in [6.45, 7) is 2.20. The number of amides is 1. The number of carbonyl (C=O) groups excluding carboxylic acids is 1. The fourth-order valence-electron chi connectivity index (χ4n) is 3.03. The number of hydrogen-bond donors (Lipinski definition) is 1. The van der Waals surface area contributed by atoms with Crippen LogP contribution in [0.4, 0.5) is 4.79 Å². The first kappa shape index (κ1) is 13.4. The van der Waals surface area contributed by atoms with E-state index in [4.69, 9.17) is 4.74 Å². The molecule has 20 heavy (non-hydrogen) atoms. The van der Waals surface area contributed by atoms with Gasteiger partial charge >= 0.3 is 6.09 Å². The molecule has 2 fully saturated rings. The van der Waals surface area contributed by atoms with E-state index >= 15 is 0 Å². The third-order valence-corrected chi connectivity index (χ3v) is 4.46. The highest BCUT2D eigenvalue weighted by molar-refractivity contribution is 5.70. The zero-order valence-corrected chi connectivity index (χ0v) is 11.5. The Hall–Kier alpha value is -1.59. The van der Waals surface area contributed by atoms with Crippen LogP contribution in [-0.4, -0.2) is 42.5 Å². The van der Waals surface area contributed by atoms with Crippen LogP contribution in [0.2, 0.25) is 0 Å². The minimum absolute atomic E-state index is 0.172. The molecule has 2 aliphatic rings. The number of ether oxygens (including phenoxy) is 1. The first-order valence-corrected chi connectivity index (χ1v) is 7.17. The van der Waals surface area contributed by atoms with Gasteiger partial charge in [0.1, 0.15) is 5.60 Å². The quantitative estimate of drug-likeness (QED) is 0.676. The molecular weight excluding hydrogens is 256 g/mol. The van der Waals surface area contributed by atoms with Gasteiger partial charge in [-0.1, -0.05) is 30.3 Å². The summed E-state index contributed by atoms with van der Waals surface area (Å²) in [4.78, 5) is 11.2.